The fraction of sp³-hybridized carbons (Fsp3) is 0.368. The number of nitrogens with one attached hydrogen (secondary N) is 2. The summed E-state index contributed by atoms with van der Waals surface area (Å²) >= 11 is 7.43. The molecule has 2 N–H and O–H groups in total. The first kappa shape index (κ1) is 19.9. The van der Waals surface area contributed by atoms with Gasteiger partial charge in [-0.1, -0.05) is 29.4 Å². The van der Waals surface area contributed by atoms with Gasteiger partial charge in [0.2, 0.25) is 5.91 Å². The Hall–Kier alpha value is -2.36. The topological polar surface area (TPSA) is 102 Å². The summed E-state index contributed by atoms with van der Waals surface area (Å²) in [5, 5.41) is 3.86. The van der Waals surface area contributed by atoms with Crippen molar-refractivity contribution >= 4 is 46.1 Å². The third-order valence-corrected chi connectivity index (χ3v) is 5.93. The Balaban J connectivity index is 1.52. The lowest BCUT2D eigenvalue weighted by Gasteiger charge is -2.13. The molecular formula is C19H20ClN5O3S. The van der Waals surface area contributed by atoms with Crippen LogP contribution < -0.4 is 10.9 Å². The van der Waals surface area contributed by atoms with Crippen LogP contribution in [0.15, 0.2) is 34.5 Å². The van der Waals surface area contributed by atoms with Crippen LogP contribution in [0.1, 0.15) is 18.4 Å². The lowest BCUT2D eigenvalue weighted by molar-refractivity contribution is -0.113. The zero-order valence-electron chi connectivity index (χ0n) is 15.8. The number of thioether (sulfide) groups is 1. The molecule has 8 nitrogen and oxygen atoms in total. The Kier molecular flexibility index (Phi) is 5.89. The highest BCUT2D eigenvalue weighted by molar-refractivity contribution is 7.99. The van der Waals surface area contributed by atoms with Crippen LogP contribution in [0, 0.1) is 6.92 Å². The summed E-state index contributed by atoms with van der Waals surface area (Å²) in [5.41, 5.74) is 2.03. The van der Waals surface area contributed by atoms with Crippen LogP contribution in [-0.2, 0) is 16.1 Å². The highest BCUT2D eigenvalue weighted by Gasteiger charge is 2.22. The van der Waals surface area contributed by atoms with Gasteiger partial charge in [0.1, 0.15) is 0 Å². The van der Waals surface area contributed by atoms with Gasteiger partial charge in [-0.3, -0.25) is 9.59 Å². The van der Waals surface area contributed by atoms with Crippen molar-refractivity contribution < 1.29 is 9.53 Å². The van der Waals surface area contributed by atoms with E-state index in [9.17, 15) is 9.59 Å². The normalized spacial score (nSPS) is 16.4. The van der Waals surface area contributed by atoms with Crippen LogP contribution >= 0.6 is 23.4 Å². The van der Waals surface area contributed by atoms with Gasteiger partial charge in [-0.15, -0.1) is 0 Å². The molecule has 0 saturated carbocycles. The molecule has 0 bridgehead atoms. The Morgan fingerprint density at radius 1 is 1.48 bits per heavy atom. The number of aryl methyl sites for hydroxylation is 1. The van der Waals surface area contributed by atoms with E-state index < -0.39 is 0 Å². The number of nitrogens with zero attached hydrogens (tertiary/aromatic N) is 3. The lowest BCUT2D eigenvalue weighted by atomic mass is 10.2. The maximum atomic E-state index is 12.4. The Bertz CT molecular complexity index is 1110. The molecule has 4 rings (SSSR count). The maximum Gasteiger partial charge on any atom is 0.278 e. The zero-order chi connectivity index (χ0) is 20.4. The number of carbonyl (C=O) groups is 1. The van der Waals surface area contributed by atoms with E-state index in [0.29, 0.717) is 28.1 Å². The highest BCUT2D eigenvalue weighted by atomic mass is 35.5. The van der Waals surface area contributed by atoms with Crippen LogP contribution in [0.4, 0.5) is 5.69 Å². The highest BCUT2D eigenvalue weighted by Crippen LogP contribution is 2.26. The summed E-state index contributed by atoms with van der Waals surface area (Å²) < 4.78 is 7.58. The van der Waals surface area contributed by atoms with Crippen LogP contribution in [0.2, 0.25) is 5.02 Å². The second-order valence-electron chi connectivity index (χ2n) is 6.86. The van der Waals surface area contributed by atoms with E-state index in [4.69, 9.17) is 16.3 Å². The molecule has 2 aromatic heterocycles. The summed E-state index contributed by atoms with van der Waals surface area (Å²) in [6, 6.07) is 5.45. The van der Waals surface area contributed by atoms with Gasteiger partial charge < -0.3 is 19.6 Å². The molecule has 0 spiro atoms. The number of hydrogen-bond donors (Lipinski definition) is 2. The van der Waals surface area contributed by atoms with E-state index in [2.05, 4.69) is 20.3 Å². The first-order valence-corrected chi connectivity index (χ1v) is 10.6. The van der Waals surface area contributed by atoms with Crippen LogP contribution in [0.5, 0.6) is 0 Å². The van der Waals surface area contributed by atoms with Gasteiger partial charge in [-0.05, 0) is 37.5 Å². The number of aromatic amines is 1. The van der Waals surface area contributed by atoms with Gasteiger partial charge in [0, 0.05) is 6.61 Å². The molecule has 1 atom stereocenters. The fourth-order valence-electron chi connectivity index (χ4n) is 3.23. The minimum Gasteiger partial charge on any atom is -0.376 e. The van der Waals surface area contributed by atoms with Gasteiger partial charge in [0.05, 0.1) is 35.4 Å². The van der Waals surface area contributed by atoms with Crippen LogP contribution in [0.25, 0.3) is 11.2 Å². The second-order valence-corrected chi connectivity index (χ2v) is 8.21. The largest absolute Gasteiger partial charge is 0.376 e. The molecule has 1 amide bonds. The molecule has 0 radical (unpaired) electrons. The van der Waals surface area contributed by atoms with Crippen molar-refractivity contribution in [2.24, 2.45) is 0 Å². The number of imidazole rings is 1. The summed E-state index contributed by atoms with van der Waals surface area (Å²) in [5.74, 6) is -0.0879. The molecule has 152 valence electrons. The molecule has 1 fully saturated rings. The Labute approximate surface area is 176 Å². The van der Waals surface area contributed by atoms with E-state index in [1.54, 1.807) is 12.1 Å². The number of amides is 1. The summed E-state index contributed by atoms with van der Waals surface area (Å²) in [6.45, 7) is 3.20. The van der Waals surface area contributed by atoms with Crippen molar-refractivity contribution in [2.75, 3.05) is 17.7 Å². The van der Waals surface area contributed by atoms with Crippen molar-refractivity contribution in [3.63, 3.8) is 0 Å². The van der Waals surface area contributed by atoms with Gasteiger partial charge >= 0.3 is 0 Å². The molecule has 0 unspecified atom stereocenters. The molecule has 1 aromatic carbocycles. The predicted molar refractivity (Wildman–Crippen MR) is 113 cm³/mol. The number of fused-ring (bicyclic) bond motifs is 1. The minimum atomic E-state index is -0.307. The fourth-order valence-corrected chi connectivity index (χ4v) is 4.32. The molecule has 10 heteroatoms. The first-order chi connectivity index (χ1) is 14.0. The number of rotatable bonds is 6. The summed E-state index contributed by atoms with van der Waals surface area (Å²) in [6.07, 6.45) is 3.36. The van der Waals surface area contributed by atoms with Gasteiger partial charge in [0.15, 0.2) is 16.3 Å². The Morgan fingerprint density at radius 3 is 3.10 bits per heavy atom. The quantitative estimate of drug-likeness (QED) is 0.579. The predicted octanol–water partition coefficient (Wildman–Crippen LogP) is 2.99. The average molecular weight is 434 g/mol. The Morgan fingerprint density at radius 2 is 2.34 bits per heavy atom. The van der Waals surface area contributed by atoms with E-state index in [1.165, 1.54) is 18.1 Å². The van der Waals surface area contributed by atoms with Crippen LogP contribution in [0.3, 0.4) is 0 Å². The summed E-state index contributed by atoms with van der Waals surface area (Å²) in [4.78, 5) is 35.8. The monoisotopic (exact) mass is 433 g/mol. The molecule has 1 saturated heterocycles. The van der Waals surface area contributed by atoms with E-state index in [-0.39, 0.29) is 28.8 Å². The second kappa shape index (κ2) is 8.56. The number of anilines is 1. The molecule has 29 heavy (non-hydrogen) atoms. The van der Waals surface area contributed by atoms with Crippen molar-refractivity contribution in [1.29, 1.82) is 0 Å². The van der Waals surface area contributed by atoms with Crippen molar-refractivity contribution in [3.8, 4) is 0 Å². The summed E-state index contributed by atoms with van der Waals surface area (Å²) in [7, 11) is 0. The molecule has 1 aliphatic rings. The van der Waals surface area contributed by atoms with E-state index in [1.807, 2.05) is 17.6 Å². The molecule has 0 aliphatic carbocycles. The number of H-pyrrole nitrogens is 1. The minimum absolute atomic E-state index is 0.0491. The van der Waals surface area contributed by atoms with Gasteiger partial charge in [-0.2, -0.15) is 0 Å². The SMILES string of the molecule is Cc1ccc(NC(=O)CSc2nc3c(=O)[nH]cnc3n2C[C@@H]2CCCO2)c(Cl)c1. The zero-order valence-corrected chi connectivity index (χ0v) is 17.3. The third kappa shape index (κ3) is 4.47. The van der Waals surface area contributed by atoms with Crippen molar-refractivity contribution in [1.82, 2.24) is 19.5 Å². The van der Waals surface area contributed by atoms with E-state index >= 15 is 0 Å². The number of hydrogen-bond acceptors (Lipinski definition) is 6. The number of halogens is 1. The van der Waals surface area contributed by atoms with Crippen LogP contribution in [-0.4, -0.2) is 43.9 Å². The maximum absolute atomic E-state index is 12.4. The van der Waals surface area contributed by atoms with Crippen molar-refractivity contribution in [3.05, 3.63) is 45.5 Å². The average Bonchev–Trinajstić information content (AvgIpc) is 3.32. The lowest BCUT2D eigenvalue weighted by Crippen LogP contribution is -2.18. The molecule has 1 aliphatic heterocycles. The van der Waals surface area contributed by atoms with Crippen molar-refractivity contribution in [2.45, 2.75) is 37.6 Å². The van der Waals surface area contributed by atoms with Gasteiger partial charge in [-0.25, -0.2) is 9.97 Å². The smallest absolute Gasteiger partial charge is 0.278 e. The molecule has 3 aromatic rings. The van der Waals surface area contributed by atoms with E-state index in [0.717, 1.165) is 25.0 Å². The number of benzene rings is 1. The number of aromatic nitrogens is 4. The molecular weight excluding hydrogens is 414 g/mol. The first-order valence-electron chi connectivity index (χ1n) is 9.25. The van der Waals surface area contributed by atoms with Gasteiger partial charge in [0.25, 0.3) is 5.56 Å². The standard InChI is InChI=1S/C19H20ClN5O3S/c1-11-4-5-14(13(20)7-11)23-15(26)9-29-19-24-16-17(21-10-22-18(16)27)25(19)8-12-3-2-6-28-12/h4-5,7,10,12H,2-3,6,8-9H2,1H3,(H,23,26)(H,21,22,27)/t12-/m0/s1. The number of ether oxygens (including phenoxy) is 1. The number of carbonyl (C=O) groups excluding carboxylic acids is 1. The third-order valence-electron chi connectivity index (χ3n) is 4.64. The molecule has 3 heterocycles.